The number of benzene rings is 2. The van der Waals surface area contributed by atoms with Crippen LogP contribution in [0, 0.1) is 0 Å². The van der Waals surface area contributed by atoms with E-state index in [-0.39, 0.29) is 11.8 Å². The van der Waals surface area contributed by atoms with Crippen LogP contribution >= 0.6 is 0 Å². The minimum Gasteiger partial charge on any atom is -0.383 e. The van der Waals surface area contributed by atoms with E-state index in [0.717, 1.165) is 16.5 Å². The van der Waals surface area contributed by atoms with E-state index in [1.54, 1.807) is 13.3 Å². The van der Waals surface area contributed by atoms with Gasteiger partial charge in [0.25, 0.3) is 0 Å². The third kappa shape index (κ3) is 3.33. The van der Waals surface area contributed by atoms with Gasteiger partial charge < -0.3 is 15.0 Å². The Labute approximate surface area is 135 Å². The molecule has 0 unspecified atom stereocenters. The molecule has 2 N–H and O–H groups in total. The number of Topliss-reactive ketones (excluding diaryl/α,β-unsaturated/α-hetero) is 1. The number of ether oxygens (including phenoxy) is 1. The first-order chi connectivity index (χ1) is 11.3. The Kier molecular flexibility index (Phi) is 4.86. The van der Waals surface area contributed by atoms with Gasteiger partial charge in [-0.2, -0.15) is 0 Å². The lowest BCUT2D eigenvalue weighted by Gasteiger charge is -2.17. The molecule has 3 rings (SSSR count). The molecule has 0 amide bonds. The fourth-order valence-electron chi connectivity index (χ4n) is 2.74. The number of methoxy groups -OCH3 is 1. The number of aromatic nitrogens is 1. The van der Waals surface area contributed by atoms with Crippen molar-refractivity contribution in [1.82, 2.24) is 10.3 Å². The molecule has 0 aliphatic rings. The van der Waals surface area contributed by atoms with Crippen LogP contribution < -0.4 is 5.32 Å². The summed E-state index contributed by atoms with van der Waals surface area (Å²) in [6, 6.07) is 17.2. The molecule has 0 bridgehead atoms. The van der Waals surface area contributed by atoms with E-state index in [4.69, 9.17) is 4.74 Å². The predicted molar refractivity (Wildman–Crippen MR) is 91.7 cm³/mol. The van der Waals surface area contributed by atoms with Crippen LogP contribution in [0.3, 0.4) is 0 Å². The zero-order chi connectivity index (χ0) is 16.1. The van der Waals surface area contributed by atoms with Gasteiger partial charge in [-0.05, 0) is 11.6 Å². The Morgan fingerprint density at radius 3 is 2.65 bits per heavy atom. The molecule has 0 spiro atoms. The average molecular weight is 308 g/mol. The highest BCUT2D eigenvalue weighted by molar-refractivity contribution is 6.10. The molecule has 0 aliphatic carbocycles. The van der Waals surface area contributed by atoms with E-state index >= 15 is 0 Å². The van der Waals surface area contributed by atoms with E-state index < -0.39 is 0 Å². The molecule has 23 heavy (non-hydrogen) atoms. The lowest BCUT2D eigenvalue weighted by atomic mass is 9.97. The number of carbonyl (C=O) groups is 1. The molecule has 2 aromatic carbocycles. The summed E-state index contributed by atoms with van der Waals surface area (Å²) in [4.78, 5) is 16.3. The molecular formula is C19H20N2O2. The van der Waals surface area contributed by atoms with Crippen LogP contribution in [0.25, 0.3) is 10.9 Å². The summed E-state index contributed by atoms with van der Waals surface area (Å²) in [6.45, 7) is 1.18. The zero-order valence-electron chi connectivity index (χ0n) is 13.1. The van der Waals surface area contributed by atoms with Crippen LogP contribution in [0.1, 0.15) is 22.0 Å². The summed E-state index contributed by atoms with van der Waals surface area (Å²) in [5.41, 5.74) is 2.64. The van der Waals surface area contributed by atoms with Gasteiger partial charge in [-0.15, -0.1) is 0 Å². The molecular weight excluding hydrogens is 288 g/mol. The molecule has 0 aliphatic heterocycles. The van der Waals surface area contributed by atoms with Crippen molar-refractivity contribution < 1.29 is 9.53 Å². The summed E-state index contributed by atoms with van der Waals surface area (Å²) in [6.07, 6.45) is 1.79. The topological polar surface area (TPSA) is 54.1 Å². The summed E-state index contributed by atoms with van der Waals surface area (Å²) in [7, 11) is 1.65. The molecule has 4 heteroatoms. The van der Waals surface area contributed by atoms with Crippen LogP contribution in [0.5, 0.6) is 0 Å². The lowest BCUT2D eigenvalue weighted by molar-refractivity contribution is 0.0938. The first-order valence-corrected chi connectivity index (χ1v) is 7.69. The Morgan fingerprint density at radius 2 is 1.87 bits per heavy atom. The molecule has 1 aromatic heterocycles. The predicted octanol–water partition coefficient (Wildman–Crippen LogP) is 3.33. The number of carbonyl (C=O) groups excluding carboxylic acids is 1. The number of para-hydroxylation sites is 1. The Balaban J connectivity index is 1.93. The third-order valence-corrected chi connectivity index (χ3v) is 3.90. The highest BCUT2D eigenvalue weighted by Crippen LogP contribution is 2.24. The second-order valence-electron chi connectivity index (χ2n) is 5.40. The number of fused-ring (bicyclic) bond motifs is 1. The van der Waals surface area contributed by atoms with Gasteiger partial charge in [0.05, 0.1) is 12.6 Å². The fourth-order valence-corrected chi connectivity index (χ4v) is 2.74. The van der Waals surface area contributed by atoms with Crippen LogP contribution in [0.2, 0.25) is 0 Å². The van der Waals surface area contributed by atoms with Crippen molar-refractivity contribution in [2.45, 2.75) is 6.04 Å². The first kappa shape index (κ1) is 15.5. The first-order valence-electron chi connectivity index (χ1n) is 7.69. The van der Waals surface area contributed by atoms with E-state index in [0.29, 0.717) is 18.7 Å². The summed E-state index contributed by atoms with van der Waals surface area (Å²) in [5, 5.41) is 4.25. The maximum absolute atomic E-state index is 13.1. The molecule has 1 atom stereocenters. The monoisotopic (exact) mass is 308 g/mol. The largest absolute Gasteiger partial charge is 0.383 e. The van der Waals surface area contributed by atoms with Gasteiger partial charge in [-0.1, -0.05) is 48.5 Å². The number of aromatic amines is 1. The highest BCUT2D eigenvalue weighted by atomic mass is 16.5. The summed E-state index contributed by atoms with van der Waals surface area (Å²) >= 11 is 0. The highest BCUT2D eigenvalue weighted by Gasteiger charge is 2.23. The van der Waals surface area contributed by atoms with Gasteiger partial charge in [0, 0.05) is 36.3 Å². The van der Waals surface area contributed by atoms with Crippen molar-refractivity contribution in [1.29, 1.82) is 0 Å². The SMILES string of the molecule is COCCN[C@H](C(=O)c1c[nH]c2ccccc12)c1ccccc1. The Hall–Kier alpha value is -2.43. The van der Waals surface area contributed by atoms with E-state index in [9.17, 15) is 4.79 Å². The Bertz CT molecular complexity index is 780. The van der Waals surface area contributed by atoms with Gasteiger partial charge in [0.1, 0.15) is 0 Å². The van der Waals surface area contributed by atoms with Gasteiger partial charge in [0.2, 0.25) is 0 Å². The second kappa shape index (κ2) is 7.22. The smallest absolute Gasteiger partial charge is 0.186 e. The van der Waals surface area contributed by atoms with Gasteiger partial charge in [-0.3, -0.25) is 4.79 Å². The van der Waals surface area contributed by atoms with Crippen LogP contribution in [-0.4, -0.2) is 31.0 Å². The van der Waals surface area contributed by atoms with Gasteiger partial charge in [-0.25, -0.2) is 0 Å². The van der Waals surface area contributed by atoms with Crippen molar-refractivity contribution >= 4 is 16.7 Å². The zero-order valence-corrected chi connectivity index (χ0v) is 13.1. The minimum atomic E-state index is -0.384. The van der Waals surface area contributed by atoms with Crippen LogP contribution in [0.4, 0.5) is 0 Å². The molecule has 0 saturated carbocycles. The number of hydrogen-bond donors (Lipinski definition) is 2. The van der Waals surface area contributed by atoms with E-state index in [2.05, 4.69) is 10.3 Å². The van der Waals surface area contributed by atoms with Crippen LogP contribution in [0.15, 0.2) is 60.8 Å². The molecule has 0 fully saturated rings. The maximum atomic E-state index is 13.1. The van der Waals surface area contributed by atoms with Crippen molar-refractivity contribution in [2.75, 3.05) is 20.3 Å². The van der Waals surface area contributed by atoms with E-state index in [1.165, 1.54) is 0 Å². The number of H-pyrrole nitrogens is 1. The van der Waals surface area contributed by atoms with Crippen molar-refractivity contribution in [3.05, 3.63) is 71.9 Å². The second-order valence-corrected chi connectivity index (χ2v) is 5.40. The molecule has 118 valence electrons. The van der Waals surface area contributed by atoms with E-state index in [1.807, 2.05) is 54.6 Å². The minimum absolute atomic E-state index is 0.0600. The number of ketones is 1. The quantitative estimate of drug-likeness (QED) is 0.520. The summed E-state index contributed by atoms with van der Waals surface area (Å²) < 4.78 is 5.09. The molecule has 1 heterocycles. The Morgan fingerprint density at radius 1 is 1.13 bits per heavy atom. The van der Waals surface area contributed by atoms with Crippen molar-refractivity contribution in [3.8, 4) is 0 Å². The van der Waals surface area contributed by atoms with Gasteiger partial charge >= 0.3 is 0 Å². The number of rotatable bonds is 7. The normalized spacial score (nSPS) is 12.4. The molecule has 0 radical (unpaired) electrons. The average Bonchev–Trinajstić information content (AvgIpc) is 3.03. The molecule has 0 saturated heterocycles. The lowest BCUT2D eigenvalue weighted by Crippen LogP contribution is -2.31. The fraction of sp³-hybridized carbons (Fsp3) is 0.211. The van der Waals surface area contributed by atoms with Crippen LogP contribution in [-0.2, 0) is 4.74 Å². The molecule has 3 aromatic rings. The third-order valence-electron chi connectivity index (χ3n) is 3.90. The number of hydrogen-bond acceptors (Lipinski definition) is 3. The standard InChI is InChI=1S/C19H20N2O2/c1-23-12-11-20-18(14-7-3-2-4-8-14)19(22)16-13-21-17-10-6-5-9-15(16)17/h2-10,13,18,20-21H,11-12H2,1H3/t18-/m0/s1. The molecule has 4 nitrogen and oxygen atoms in total. The summed E-state index contributed by atoms with van der Waals surface area (Å²) in [5.74, 6) is 0.0600. The van der Waals surface area contributed by atoms with Crippen molar-refractivity contribution in [3.63, 3.8) is 0 Å². The van der Waals surface area contributed by atoms with Gasteiger partial charge in [0.15, 0.2) is 5.78 Å². The maximum Gasteiger partial charge on any atom is 0.186 e. The van der Waals surface area contributed by atoms with Crippen molar-refractivity contribution in [2.24, 2.45) is 0 Å². The number of nitrogens with one attached hydrogen (secondary N) is 2.